The fourth-order valence-electron chi connectivity index (χ4n) is 1.99. The molecule has 0 atom stereocenters. The Balaban J connectivity index is 1.90. The number of rotatable bonds is 7. The summed E-state index contributed by atoms with van der Waals surface area (Å²) in [6, 6.07) is 13.2. The minimum atomic E-state index is -3.60. The van der Waals surface area contributed by atoms with Crippen LogP contribution in [0.15, 0.2) is 53.4 Å². The first-order valence-corrected chi connectivity index (χ1v) is 8.81. The van der Waals surface area contributed by atoms with Crippen molar-refractivity contribution in [2.75, 3.05) is 20.3 Å². The number of carbonyl (C=O) groups excluding carboxylic acids is 1. The van der Waals surface area contributed by atoms with Gasteiger partial charge in [-0.1, -0.05) is 18.2 Å². The predicted molar refractivity (Wildman–Crippen MR) is 89.6 cm³/mol. The van der Waals surface area contributed by atoms with Gasteiger partial charge in [0.15, 0.2) is 0 Å². The number of hydrogen-bond donors (Lipinski definition) is 1. The molecule has 7 heteroatoms. The topological polar surface area (TPSA) is 81.7 Å². The van der Waals surface area contributed by atoms with Crippen molar-refractivity contribution in [3.05, 3.63) is 59.7 Å². The maximum atomic E-state index is 12.0. The SMILES string of the molecule is CNS(=O)(=O)c1cccc(C(=O)OCCOc2cccc(C)c2)c1. The molecule has 2 aromatic carbocycles. The number of ether oxygens (including phenoxy) is 2. The molecule has 0 bridgehead atoms. The number of benzene rings is 2. The lowest BCUT2D eigenvalue weighted by Crippen LogP contribution is -2.19. The Morgan fingerprint density at radius 1 is 1.08 bits per heavy atom. The van der Waals surface area contributed by atoms with E-state index in [-0.39, 0.29) is 23.7 Å². The molecule has 0 aliphatic heterocycles. The summed E-state index contributed by atoms with van der Waals surface area (Å²) in [4.78, 5) is 12.0. The highest BCUT2D eigenvalue weighted by Crippen LogP contribution is 2.13. The highest BCUT2D eigenvalue weighted by atomic mass is 32.2. The van der Waals surface area contributed by atoms with Gasteiger partial charge in [0, 0.05) is 0 Å². The third-order valence-corrected chi connectivity index (χ3v) is 4.64. The van der Waals surface area contributed by atoms with Crippen LogP contribution in [0.25, 0.3) is 0 Å². The van der Waals surface area contributed by atoms with Gasteiger partial charge in [-0.3, -0.25) is 0 Å². The Kier molecular flexibility index (Phi) is 5.94. The van der Waals surface area contributed by atoms with Crippen molar-refractivity contribution < 1.29 is 22.7 Å². The van der Waals surface area contributed by atoms with E-state index in [1.807, 2.05) is 31.2 Å². The molecule has 0 saturated carbocycles. The lowest BCUT2D eigenvalue weighted by molar-refractivity contribution is 0.0450. The zero-order valence-corrected chi connectivity index (χ0v) is 14.3. The van der Waals surface area contributed by atoms with Crippen molar-refractivity contribution in [1.29, 1.82) is 0 Å². The molecule has 6 nitrogen and oxygen atoms in total. The van der Waals surface area contributed by atoms with Crippen molar-refractivity contribution in [2.24, 2.45) is 0 Å². The highest BCUT2D eigenvalue weighted by Gasteiger charge is 2.15. The lowest BCUT2D eigenvalue weighted by Gasteiger charge is -2.09. The summed E-state index contributed by atoms with van der Waals surface area (Å²) in [6.07, 6.45) is 0. The van der Waals surface area contributed by atoms with E-state index in [1.165, 1.54) is 31.3 Å². The third kappa shape index (κ3) is 4.81. The van der Waals surface area contributed by atoms with Gasteiger partial charge in [0.25, 0.3) is 0 Å². The molecule has 24 heavy (non-hydrogen) atoms. The Labute approximate surface area is 141 Å². The second-order valence-electron chi connectivity index (χ2n) is 5.04. The number of nitrogens with one attached hydrogen (secondary N) is 1. The first kappa shape index (κ1) is 18.0. The van der Waals surface area contributed by atoms with Gasteiger partial charge in [0.1, 0.15) is 19.0 Å². The first-order chi connectivity index (χ1) is 11.4. The van der Waals surface area contributed by atoms with Gasteiger partial charge < -0.3 is 9.47 Å². The minimum Gasteiger partial charge on any atom is -0.490 e. The van der Waals surface area contributed by atoms with E-state index in [4.69, 9.17) is 9.47 Å². The molecule has 2 aromatic rings. The van der Waals surface area contributed by atoms with E-state index < -0.39 is 16.0 Å². The van der Waals surface area contributed by atoms with Crippen LogP contribution in [0, 0.1) is 6.92 Å². The van der Waals surface area contributed by atoms with Crippen LogP contribution in [0.2, 0.25) is 0 Å². The molecule has 0 aliphatic rings. The highest BCUT2D eigenvalue weighted by molar-refractivity contribution is 7.89. The number of esters is 1. The zero-order chi connectivity index (χ0) is 17.6. The van der Waals surface area contributed by atoms with Crippen molar-refractivity contribution >= 4 is 16.0 Å². The molecular formula is C17H19NO5S. The van der Waals surface area contributed by atoms with Crippen LogP contribution in [0.3, 0.4) is 0 Å². The predicted octanol–water partition coefficient (Wildman–Crippen LogP) is 2.14. The average Bonchev–Trinajstić information content (AvgIpc) is 2.58. The first-order valence-electron chi connectivity index (χ1n) is 7.32. The fourth-order valence-corrected chi connectivity index (χ4v) is 2.77. The number of sulfonamides is 1. The number of aryl methyl sites for hydroxylation is 1. The molecule has 2 rings (SSSR count). The van der Waals surface area contributed by atoms with Gasteiger partial charge in [0.05, 0.1) is 10.5 Å². The van der Waals surface area contributed by atoms with Gasteiger partial charge >= 0.3 is 5.97 Å². The summed E-state index contributed by atoms with van der Waals surface area (Å²) in [5.41, 5.74) is 1.24. The number of carbonyl (C=O) groups is 1. The van der Waals surface area contributed by atoms with Crippen molar-refractivity contribution in [1.82, 2.24) is 4.72 Å². The van der Waals surface area contributed by atoms with E-state index in [1.54, 1.807) is 0 Å². The van der Waals surface area contributed by atoms with Crippen LogP contribution < -0.4 is 9.46 Å². The van der Waals surface area contributed by atoms with E-state index in [2.05, 4.69) is 4.72 Å². The van der Waals surface area contributed by atoms with Crippen LogP contribution in [0.4, 0.5) is 0 Å². The number of hydrogen-bond acceptors (Lipinski definition) is 5. The van der Waals surface area contributed by atoms with Gasteiger partial charge in [-0.05, 0) is 49.9 Å². The Hall–Kier alpha value is -2.38. The summed E-state index contributed by atoms with van der Waals surface area (Å²) < 4.78 is 36.3. The quantitative estimate of drug-likeness (QED) is 0.612. The molecule has 0 fully saturated rings. The normalized spacial score (nSPS) is 11.1. The van der Waals surface area contributed by atoms with Gasteiger partial charge in [-0.25, -0.2) is 17.9 Å². The Morgan fingerprint density at radius 3 is 2.54 bits per heavy atom. The summed E-state index contributed by atoms with van der Waals surface area (Å²) in [5, 5.41) is 0. The Morgan fingerprint density at radius 2 is 1.83 bits per heavy atom. The maximum absolute atomic E-state index is 12.0. The van der Waals surface area contributed by atoms with Crippen molar-refractivity contribution in [2.45, 2.75) is 11.8 Å². The summed E-state index contributed by atoms with van der Waals surface area (Å²) in [7, 11) is -2.29. The smallest absolute Gasteiger partial charge is 0.338 e. The molecule has 0 heterocycles. The monoisotopic (exact) mass is 349 g/mol. The summed E-state index contributed by atoms with van der Waals surface area (Å²) in [6.45, 7) is 2.23. The van der Waals surface area contributed by atoms with Crippen LogP contribution in [0.5, 0.6) is 5.75 Å². The molecule has 0 amide bonds. The molecular weight excluding hydrogens is 330 g/mol. The van der Waals surface area contributed by atoms with E-state index >= 15 is 0 Å². The lowest BCUT2D eigenvalue weighted by atomic mass is 10.2. The molecule has 0 unspecified atom stereocenters. The zero-order valence-electron chi connectivity index (χ0n) is 13.5. The van der Waals surface area contributed by atoms with E-state index in [0.29, 0.717) is 5.75 Å². The average molecular weight is 349 g/mol. The standard InChI is InChI=1S/C17H19NO5S/c1-13-5-3-7-15(11-13)22-9-10-23-17(19)14-6-4-8-16(12-14)24(20,21)18-2/h3-8,11-12,18H,9-10H2,1-2H3. The maximum Gasteiger partial charge on any atom is 0.338 e. The molecule has 0 aromatic heterocycles. The van der Waals surface area contributed by atoms with Crippen LogP contribution in [0.1, 0.15) is 15.9 Å². The van der Waals surface area contributed by atoms with Crippen LogP contribution in [-0.2, 0) is 14.8 Å². The summed E-state index contributed by atoms with van der Waals surface area (Å²) >= 11 is 0. The molecule has 0 saturated heterocycles. The molecule has 1 N–H and O–H groups in total. The van der Waals surface area contributed by atoms with Gasteiger partial charge in [0.2, 0.25) is 10.0 Å². The minimum absolute atomic E-state index is 0.00969. The van der Waals surface area contributed by atoms with Crippen molar-refractivity contribution in [3.8, 4) is 5.75 Å². The summed E-state index contributed by atoms with van der Waals surface area (Å²) in [5.74, 6) is 0.101. The molecule has 0 spiro atoms. The van der Waals surface area contributed by atoms with Crippen LogP contribution in [-0.4, -0.2) is 34.6 Å². The second kappa shape index (κ2) is 7.94. The second-order valence-corrected chi connectivity index (χ2v) is 6.92. The Bertz CT molecular complexity index is 817. The van der Waals surface area contributed by atoms with Gasteiger partial charge in [-0.2, -0.15) is 0 Å². The van der Waals surface area contributed by atoms with Crippen molar-refractivity contribution in [3.63, 3.8) is 0 Å². The van der Waals surface area contributed by atoms with E-state index in [0.717, 1.165) is 5.56 Å². The molecule has 0 aliphatic carbocycles. The van der Waals surface area contributed by atoms with Crippen LogP contribution >= 0.6 is 0 Å². The fraction of sp³-hybridized carbons (Fsp3) is 0.235. The third-order valence-electron chi connectivity index (χ3n) is 3.22. The van der Waals surface area contributed by atoms with Gasteiger partial charge in [-0.15, -0.1) is 0 Å². The molecule has 128 valence electrons. The van der Waals surface area contributed by atoms with E-state index in [9.17, 15) is 13.2 Å². The molecule has 0 radical (unpaired) electrons. The largest absolute Gasteiger partial charge is 0.490 e.